The first kappa shape index (κ1) is 58.4. The van der Waals surface area contributed by atoms with Crippen LogP contribution in [0.5, 0.6) is 0 Å². The van der Waals surface area contributed by atoms with Crippen LogP contribution in [0.25, 0.3) is 10.9 Å². The van der Waals surface area contributed by atoms with Gasteiger partial charge < -0.3 is 79.4 Å². The minimum absolute atomic E-state index is 0.106. The molecule has 2 aliphatic heterocycles. The molecule has 0 saturated carbocycles. The van der Waals surface area contributed by atoms with Gasteiger partial charge >= 0.3 is 5.97 Å². The molecule has 1 aromatic heterocycles. The predicted octanol–water partition coefficient (Wildman–Crippen LogP) is -4.26. The summed E-state index contributed by atoms with van der Waals surface area (Å²) in [6.45, 7) is 3.97. The minimum Gasteiger partial charge on any atom is -0.480 e. The van der Waals surface area contributed by atoms with Crippen LogP contribution >= 0.6 is 0 Å². The zero-order chi connectivity index (χ0) is 53.8. The average Bonchev–Trinajstić information content (AvgIpc) is 4.12. The van der Waals surface area contributed by atoms with E-state index in [1.807, 2.05) is 0 Å². The minimum atomic E-state index is -1.40. The molecule has 8 atom stereocenters. The van der Waals surface area contributed by atoms with Crippen LogP contribution in [0.3, 0.4) is 0 Å². The highest BCUT2D eigenvalue weighted by Gasteiger charge is 2.37. The van der Waals surface area contributed by atoms with Crippen LogP contribution in [0.1, 0.15) is 84.1 Å². The van der Waals surface area contributed by atoms with Gasteiger partial charge in [-0.2, -0.15) is 0 Å². The number of nitrogens with two attached hydrogens (primary N) is 2. The standard InChI is InChI=1S/C47H71N13O13/c1-25(2)17-34(45(70)55-26(3)41(66)54-24-40(65)60-16-8-12-36(60)46(71)58-32(47(72)73)11-6-7-15-48)57-39(64)23-53-43(68)35(18-27-20-50-30-10-5-4-9-29(27)30)59-44(69)31(13-14-37(49)62)56-38(63)22-52-42(67)33-19-28(61)21-51-33/h4-5,9-10,20,25-26,28,31-36,50-51,61H,6-8,11-19,21-24,48H2,1-3H3,(H2,49,62)(H,52,67)(H,53,68)(H,54,66)(H,55,70)(H,56,63)(H,57,64)(H,58,71)(H,59,69)(H,72,73)/t26-,28+,31-,32-,33-,34-,35-,36-/m0/s1. The molecule has 4 rings (SSSR count). The molecule has 26 nitrogen and oxygen atoms in total. The molecule has 0 aliphatic carbocycles. The molecule has 26 heteroatoms. The van der Waals surface area contributed by atoms with Crippen LogP contribution < -0.4 is 59.3 Å². The number of unbranched alkanes of at least 4 members (excludes halogenated alkanes) is 1. The van der Waals surface area contributed by atoms with E-state index in [1.54, 1.807) is 44.3 Å². The lowest BCUT2D eigenvalue weighted by Crippen LogP contribution is -2.57. The lowest BCUT2D eigenvalue weighted by atomic mass is 10.0. The molecule has 2 saturated heterocycles. The van der Waals surface area contributed by atoms with E-state index in [9.17, 15) is 63.0 Å². The number of β-amino-alcohol motifs (C(OH)–C–C–N with tert-alkyl or cyclic N) is 1. The number of benzene rings is 1. The zero-order valence-corrected chi connectivity index (χ0v) is 41.4. The van der Waals surface area contributed by atoms with Gasteiger partial charge in [-0.15, -0.1) is 0 Å². The molecular weight excluding hydrogens is 955 g/mol. The number of likely N-dealkylation sites (tertiary alicyclic amines) is 1. The summed E-state index contributed by atoms with van der Waals surface area (Å²) in [6.07, 6.45) is 2.43. The Morgan fingerprint density at radius 2 is 1.42 bits per heavy atom. The summed E-state index contributed by atoms with van der Waals surface area (Å²) in [5.74, 6) is -8.73. The Labute approximate surface area is 421 Å². The van der Waals surface area contributed by atoms with E-state index in [0.29, 0.717) is 37.8 Å². The van der Waals surface area contributed by atoms with Crippen molar-refractivity contribution >= 4 is 75.9 Å². The number of para-hydroxylation sites is 1. The van der Waals surface area contributed by atoms with E-state index >= 15 is 0 Å². The van der Waals surface area contributed by atoms with Crippen molar-refractivity contribution in [2.24, 2.45) is 17.4 Å². The summed E-state index contributed by atoms with van der Waals surface area (Å²) in [4.78, 5) is 147. The van der Waals surface area contributed by atoms with Gasteiger partial charge in [0.25, 0.3) is 0 Å². The molecule has 1 aromatic carbocycles. The van der Waals surface area contributed by atoms with E-state index < -0.39 is 133 Å². The second-order valence-electron chi connectivity index (χ2n) is 18.7. The molecular formula is C47H71N13O13. The number of aromatic amines is 1. The first-order valence-corrected chi connectivity index (χ1v) is 24.5. The maximum Gasteiger partial charge on any atom is 0.326 e. The fraction of sp³-hybridized carbons (Fsp3) is 0.596. The van der Waals surface area contributed by atoms with Gasteiger partial charge in [0.05, 0.1) is 31.8 Å². The predicted molar refractivity (Wildman–Crippen MR) is 262 cm³/mol. The van der Waals surface area contributed by atoms with Gasteiger partial charge in [-0.1, -0.05) is 32.0 Å². The molecule has 2 aliphatic rings. The van der Waals surface area contributed by atoms with Crippen molar-refractivity contribution in [2.75, 3.05) is 39.3 Å². The third kappa shape index (κ3) is 18.7. The lowest BCUT2D eigenvalue weighted by molar-refractivity contribution is -0.144. The smallest absolute Gasteiger partial charge is 0.326 e. The average molecular weight is 1030 g/mol. The number of hydrogen-bond donors (Lipinski definition) is 14. The highest BCUT2D eigenvalue weighted by molar-refractivity contribution is 5.97. The van der Waals surface area contributed by atoms with Crippen molar-refractivity contribution in [3.63, 3.8) is 0 Å². The second kappa shape index (κ2) is 28.7. The molecule has 0 spiro atoms. The zero-order valence-electron chi connectivity index (χ0n) is 41.4. The van der Waals surface area contributed by atoms with Gasteiger partial charge in [0.1, 0.15) is 36.3 Å². The van der Waals surface area contributed by atoms with Gasteiger partial charge in [-0.3, -0.25) is 47.9 Å². The van der Waals surface area contributed by atoms with Crippen LogP contribution in [-0.2, 0) is 59.2 Å². The lowest BCUT2D eigenvalue weighted by Gasteiger charge is -2.26. The normalized spacial score (nSPS) is 18.3. The molecule has 0 radical (unpaired) electrons. The maximum absolute atomic E-state index is 13.9. The number of carboxylic acid groups (broad SMARTS) is 1. The number of amides is 10. The number of carbonyl (C=O) groups excluding carboxylic acids is 10. The molecule has 3 heterocycles. The Balaban J connectivity index is 1.36. The summed E-state index contributed by atoms with van der Waals surface area (Å²) in [5.41, 5.74) is 12.2. The number of aliphatic carboxylic acids is 1. The summed E-state index contributed by atoms with van der Waals surface area (Å²) in [7, 11) is 0. The van der Waals surface area contributed by atoms with Gasteiger partial charge in [0, 0.05) is 43.0 Å². The van der Waals surface area contributed by atoms with Gasteiger partial charge in [0.15, 0.2) is 0 Å². The number of hydrogen-bond acceptors (Lipinski definition) is 14. The second-order valence-corrected chi connectivity index (χ2v) is 18.7. The number of aliphatic hydroxyl groups excluding tert-OH is 1. The van der Waals surface area contributed by atoms with Crippen molar-refractivity contribution in [1.29, 1.82) is 0 Å². The molecule has 16 N–H and O–H groups in total. The van der Waals surface area contributed by atoms with Crippen LogP contribution in [-0.4, -0.2) is 173 Å². The number of fused-ring (bicyclic) bond motifs is 1. The van der Waals surface area contributed by atoms with Crippen LogP contribution in [0.2, 0.25) is 0 Å². The summed E-state index contributed by atoms with van der Waals surface area (Å²) >= 11 is 0. The SMILES string of the molecule is CC(C)C[C@H](NC(=O)CNC(=O)[C@H](Cc1c[nH]c2ccccc12)NC(=O)[C@H](CCC(N)=O)NC(=O)CNC(=O)[C@@H]1C[C@@H](O)CN1)C(=O)N[C@@H](C)C(=O)NCC(=O)N1CCC[C@H]1C(=O)N[C@@H](CCCCN)C(=O)O. The van der Waals surface area contributed by atoms with E-state index in [2.05, 4.69) is 52.8 Å². The van der Waals surface area contributed by atoms with E-state index in [0.717, 1.165) is 10.9 Å². The molecule has 402 valence electrons. The van der Waals surface area contributed by atoms with E-state index in [-0.39, 0.29) is 57.5 Å². The largest absolute Gasteiger partial charge is 0.480 e. The summed E-state index contributed by atoms with van der Waals surface area (Å²) < 4.78 is 0. The Bertz CT molecular complexity index is 2310. The fourth-order valence-electron chi connectivity index (χ4n) is 8.40. The third-order valence-electron chi connectivity index (χ3n) is 12.3. The van der Waals surface area contributed by atoms with E-state index in [4.69, 9.17) is 11.5 Å². The molecule has 2 aromatic rings. The van der Waals surface area contributed by atoms with Crippen molar-refractivity contribution in [2.45, 2.75) is 133 Å². The van der Waals surface area contributed by atoms with E-state index in [1.165, 1.54) is 11.8 Å². The number of nitrogens with zero attached hydrogens (tertiary/aromatic N) is 1. The number of carboxylic acids is 1. The number of H-pyrrole nitrogens is 1. The number of primary amides is 1. The van der Waals surface area contributed by atoms with Crippen molar-refractivity contribution in [3.8, 4) is 0 Å². The van der Waals surface area contributed by atoms with Crippen LogP contribution in [0, 0.1) is 5.92 Å². The van der Waals surface area contributed by atoms with Gasteiger partial charge in [-0.05, 0) is 82.4 Å². The number of nitrogens with one attached hydrogen (secondary N) is 10. The van der Waals surface area contributed by atoms with Crippen molar-refractivity contribution in [1.82, 2.24) is 57.7 Å². The van der Waals surface area contributed by atoms with Crippen molar-refractivity contribution in [3.05, 3.63) is 36.0 Å². The molecule has 0 bridgehead atoms. The summed E-state index contributed by atoms with van der Waals surface area (Å²) in [5, 5.41) is 42.9. The molecule has 2 fully saturated rings. The quantitative estimate of drug-likeness (QED) is 0.0343. The number of aliphatic hydroxyl groups is 1. The highest BCUT2D eigenvalue weighted by Crippen LogP contribution is 2.20. The monoisotopic (exact) mass is 1030 g/mol. The van der Waals surface area contributed by atoms with Crippen LogP contribution in [0.15, 0.2) is 30.5 Å². The number of carbonyl (C=O) groups is 11. The summed E-state index contributed by atoms with van der Waals surface area (Å²) in [6, 6.07) is -0.840. The van der Waals surface area contributed by atoms with Gasteiger partial charge in [-0.25, -0.2) is 4.79 Å². The van der Waals surface area contributed by atoms with Crippen molar-refractivity contribution < 1.29 is 63.0 Å². The first-order chi connectivity index (χ1) is 34.7. The first-order valence-electron chi connectivity index (χ1n) is 24.5. The van der Waals surface area contributed by atoms with Crippen LogP contribution in [0.4, 0.5) is 0 Å². The maximum atomic E-state index is 13.9. The molecule has 73 heavy (non-hydrogen) atoms. The number of aromatic nitrogens is 1. The third-order valence-corrected chi connectivity index (χ3v) is 12.3. The Hall–Kier alpha value is -7.19. The molecule has 0 unspecified atom stereocenters. The molecule has 10 amide bonds. The fourth-order valence-corrected chi connectivity index (χ4v) is 8.40. The number of rotatable bonds is 29. The Morgan fingerprint density at radius 1 is 0.753 bits per heavy atom. The van der Waals surface area contributed by atoms with Gasteiger partial charge in [0.2, 0.25) is 59.1 Å². The Morgan fingerprint density at radius 3 is 2.08 bits per heavy atom. The highest BCUT2D eigenvalue weighted by atomic mass is 16.4. The Kier molecular flexibility index (Phi) is 23.0. The topological polar surface area (TPSA) is 408 Å².